The van der Waals surface area contributed by atoms with E-state index in [1.165, 1.54) is 40.8 Å². The molecule has 1 unspecified atom stereocenters. The normalized spacial score (nSPS) is 17.2. The van der Waals surface area contributed by atoms with Gasteiger partial charge in [-0.15, -0.1) is 39.2 Å². The molecule has 3 aromatic rings. The van der Waals surface area contributed by atoms with Crippen molar-refractivity contribution in [2.24, 2.45) is 5.92 Å². The van der Waals surface area contributed by atoms with Gasteiger partial charge in [0.15, 0.2) is 0 Å². The van der Waals surface area contributed by atoms with Crippen LogP contribution >= 0.6 is 0 Å². The van der Waals surface area contributed by atoms with E-state index in [0.29, 0.717) is 5.92 Å². The number of hydrogen-bond donors (Lipinski definition) is 0. The van der Waals surface area contributed by atoms with Crippen LogP contribution in [0.2, 0.25) is 0 Å². The number of allylic oxidation sites excluding steroid dienone is 4. The molecule has 3 aromatic carbocycles. The van der Waals surface area contributed by atoms with Gasteiger partial charge in [-0.25, -0.2) is 0 Å². The molecular weight excluding hydrogens is 450 g/mol. The van der Waals surface area contributed by atoms with Crippen LogP contribution in [-0.2, 0) is 39.0 Å². The van der Waals surface area contributed by atoms with Crippen molar-refractivity contribution in [2.75, 3.05) is 0 Å². The second kappa shape index (κ2) is 8.73. The van der Waals surface area contributed by atoms with Crippen molar-refractivity contribution in [3.05, 3.63) is 70.8 Å². The van der Waals surface area contributed by atoms with Crippen LogP contribution < -0.4 is 24.8 Å². The van der Waals surface area contributed by atoms with Crippen LogP contribution in [0.15, 0.2) is 54.1 Å². The Morgan fingerprint density at radius 1 is 1.00 bits per heavy atom. The smallest absolute Gasteiger partial charge is 1.00 e. The molecule has 0 amide bonds. The zero-order valence-corrected chi connectivity index (χ0v) is 19.8. The van der Waals surface area contributed by atoms with E-state index in [0.717, 1.165) is 6.42 Å². The van der Waals surface area contributed by atoms with Gasteiger partial charge in [-0.05, 0) is 36.0 Å². The summed E-state index contributed by atoms with van der Waals surface area (Å²) in [6.07, 6.45) is 9.63. The maximum Gasteiger partial charge on any atom is 3.00 e. The van der Waals surface area contributed by atoms with Crippen molar-refractivity contribution < 1.29 is 51.0 Å². The maximum atomic E-state index is 2.51. The van der Waals surface area contributed by atoms with Crippen LogP contribution in [0.25, 0.3) is 27.1 Å². The van der Waals surface area contributed by atoms with Gasteiger partial charge in [-0.3, -0.25) is 0 Å². The molecule has 27 heavy (non-hydrogen) atoms. The van der Waals surface area contributed by atoms with Gasteiger partial charge in [0.05, 0.1) is 0 Å². The second-order valence-corrected chi connectivity index (χ2v) is 7.24. The molecule has 0 spiro atoms. The molecule has 1 radical (unpaired) electrons. The van der Waals surface area contributed by atoms with Gasteiger partial charge in [-0.1, -0.05) is 62.2 Å². The molecule has 2 aliphatic rings. The van der Waals surface area contributed by atoms with Crippen LogP contribution in [0.1, 0.15) is 43.4 Å². The Morgan fingerprint density at radius 3 is 2.41 bits per heavy atom. The van der Waals surface area contributed by atoms with Gasteiger partial charge < -0.3 is 24.8 Å². The van der Waals surface area contributed by atoms with Crippen molar-refractivity contribution in [2.45, 2.75) is 39.5 Å². The number of rotatable bonds is 3. The molecule has 2 aliphatic carbocycles. The van der Waals surface area contributed by atoms with Gasteiger partial charge in [0.2, 0.25) is 0 Å². The molecule has 0 N–H and O–H groups in total. The Labute approximate surface area is 193 Å². The summed E-state index contributed by atoms with van der Waals surface area (Å²) in [7, 11) is 0. The molecule has 3 heteroatoms. The van der Waals surface area contributed by atoms with Crippen LogP contribution in [0, 0.1) is 5.92 Å². The first-order chi connectivity index (χ1) is 11.8. The topological polar surface area (TPSA) is 0 Å². The Hall–Kier alpha value is -0.747. The summed E-state index contributed by atoms with van der Waals surface area (Å²) in [4.78, 5) is 0. The monoisotopic (exact) mass is 471 g/mol. The SMILES string of the molecule is CCC1=C(c2cc3c([cH-]c4ccccc43)c3c2CC3)C(CC)C=C1.[Cl-].[Cl-].[Zr+3]. The predicted molar refractivity (Wildman–Crippen MR) is 105 cm³/mol. The van der Waals surface area contributed by atoms with Crippen LogP contribution in [0.4, 0.5) is 0 Å². The molecule has 0 fully saturated rings. The van der Waals surface area contributed by atoms with Crippen molar-refractivity contribution >= 4 is 27.1 Å². The van der Waals surface area contributed by atoms with E-state index in [9.17, 15) is 0 Å². The number of halogens is 2. The Kier molecular flexibility index (Phi) is 7.29. The quantitative estimate of drug-likeness (QED) is 0.489. The number of benzene rings is 2. The Balaban J connectivity index is 0.000000871. The van der Waals surface area contributed by atoms with E-state index in [2.05, 4.69) is 62.4 Å². The van der Waals surface area contributed by atoms with E-state index < -0.39 is 0 Å². The number of hydrogen-bond acceptors (Lipinski definition) is 0. The zero-order chi connectivity index (χ0) is 16.3. The third kappa shape index (κ3) is 3.31. The van der Waals surface area contributed by atoms with E-state index in [1.54, 1.807) is 27.8 Å². The summed E-state index contributed by atoms with van der Waals surface area (Å²) < 4.78 is 0. The van der Waals surface area contributed by atoms with Gasteiger partial charge in [0, 0.05) is 5.92 Å². The first-order valence-corrected chi connectivity index (χ1v) is 9.36. The van der Waals surface area contributed by atoms with Crippen LogP contribution in [-0.4, -0.2) is 0 Å². The Morgan fingerprint density at radius 2 is 1.74 bits per heavy atom. The first kappa shape index (κ1) is 22.5. The average molecular weight is 474 g/mol. The molecule has 0 bridgehead atoms. The molecular formula is C24H23Cl2Zr. The fraction of sp³-hybridized carbons (Fsp3) is 0.292. The summed E-state index contributed by atoms with van der Waals surface area (Å²) >= 11 is 0. The molecule has 0 heterocycles. The molecule has 0 nitrogen and oxygen atoms in total. The van der Waals surface area contributed by atoms with Gasteiger partial charge >= 0.3 is 26.2 Å². The molecule has 0 aromatic heterocycles. The molecule has 0 saturated carbocycles. The minimum absolute atomic E-state index is 0. The zero-order valence-electron chi connectivity index (χ0n) is 15.8. The van der Waals surface area contributed by atoms with Gasteiger partial charge in [0.1, 0.15) is 0 Å². The standard InChI is InChI=1S/C24H23.2ClH.Zr/c1-3-15-9-10-16(4-2)24(15)23-14-22-18-8-6-5-7-17(18)13-21(22)19-11-12-20(19)23;;;/h5-10,13-15H,3-4,11-12H2,1-2H3;2*1H;/q-1;;;+3/p-2. The van der Waals surface area contributed by atoms with E-state index >= 15 is 0 Å². The van der Waals surface area contributed by atoms with Crippen molar-refractivity contribution in [1.29, 1.82) is 0 Å². The number of aryl methyl sites for hydroxylation is 1. The second-order valence-electron chi connectivity index (χ2n) is 7.24. The van der Waals surface area contributed by atoms with E-state index in [1.807, 2.05) is 0 Å². The minimum Gasteiger partial charge on any atom is -1.00 e. The first-order valence-electron chi connectivity index (χ1n) is 9.36. The Bertz CT molecular complexity index is 1040. The summed E-state index contributed by atoms with van der Waals surface area (Å²) in [6.45, 7) is 4.61. The largest absolute Gasteiger partial charge is 3.00 e. The maximum absolute atomic E-state index is 2.51. The average Bonchev–Trinajstić information content (AvgIpc) is 3.14. The molecule has 5 rings (SSSR count). The van der Waals surface area contributed by atoms with Gasteiger partial charge in [-0.2, -0.15) is 0 Å². The van der Waals surface area contributed by atoms with Crippen molar-refractivity contribution in [3.8, 4) is 0 Å². The van der Waals surface area contributed by atoms with E-state index in [4.69, 9.17) is 0 Å². The van der Waals surface area contributed by atoms with Crippen LogP contribution in [0.3, 0.4) is 0 Å². The fourth-order valence-electron chi connectivity index (χ4n) is 4.77. The molecule has 1 atom stereocenters. The summed E-state index contributed by atoms with van der Waals surface area (Å²) in [5, 5.41) is 5.77. The third-order valence-corrected chi connectivity index (χ3v) is 6.13. The number of fused-ring (bicyclic) bond motifs is 5. The summed E-state index contributed by atoms with van der Waals surface area (Å²) in [5.41, 5.74) is 7.95. The minimum atomic E-state index is 0. The molecule has 0 aliphatic heterocycles. The van der Waals surface area contributed by atoms with E-state index in [-0.39, 0.29) is 51.0 Å². The summed E-state index contributed by atoms with van der Waals surface area (Å²) in [5.74, 6) is 0.600. The molecule has 0 saturated heterocycles. The van der Waals surface area contributed by atoms with Crippen molar-refractivity contribution in [3.63, 3.8) is 0 Å². The molecule has 137 valence electrons. The third-order valence-electron chi connectivity index (χ3n) is 6.13. The summed E-state index contributed by atoms with van der Waals surface area (Å²) in [6, 6.07) is 13.8. The fourth-order valence-corrected chi connectivity index (χ4v) is 4.77. The van der Waals surface area contributed by atoms with Crippen LogP contribution in [0.5, 0.6) is 0 Å². The van der Waals surface area contributed by atoms with Gasteiger partial charge in [0.25, 0.3) is 0 Å². The predicted octanol–water partition coefficient (Wildman–Crippen LogP) is 0.576. The van der Waals surface area contributed by atoms with Crippen molar-refractivity contribution in [1.82, 2.24) is 0 Å².